The highest BCUT2D eigenvalue weighted by Gasteiger charge is 2.29. The molecule has 2 heterocycles. The minimum Gasteiger partial charge on any atom is -0.360 e. The largest absolute Gasteiger partial charge is 0.360 e. The Labute approximate surface area is 178 Å². The summed E-state index contributed by atoms with van der Waals surface area (Å²) in [6.07, 6.45) is 1.88. The lowest BCUT2D eigenvalue weighted by atomic mass is 9.98. The van der Waals surface area contributed by atoms with E-state index < -0.39 is 16.1 Å². The number of carbonyl (C=O) groups excluding carboxylic acids is 1. The Morgan fingerprint density at radius 1 is 1.27 bits per heavy atom. The fraction of sp³-hybridized carbons (Fsp3) is 0.524. The number of aryl methyl sites for hydroxylation is 2. The highest BCUT2D eigenvalue weighted by Crippen LogP contribution is 2.21. The van der Waals surface area contributed by atoms with Crippen molar-refractivity contribution in [3.05, 3.63) is 46.8 Å². The number of aromatic nitrogens is 1. The van der Waals surface area contributed by atoms with Crippen LogP contribution < -0.4 is 10.0 Å². The van der Waals surface area contributed by atoms with Gasteiger partial charge in [0.15, 0.2) is 5.76 Å². The van der Waals surface area contributed by atoms with E-state index in [-0.39, 0.29) is 28.3 Å². The Hall–Kier alpha value is -2.23. The van der Waals surface area contributed by atoms with E-state index in [4.69, 9.17) is 4.52 Å². The van der Waals surface area contributed by atoms with Gasteiger partial charge in [-0.2, -0.15) is 4.72 Å². The maximum absolute atomic E-state index is 12.6. The predicted octanol–water partition coefficient (Wildman–Crippen LogP) is 1.91. The number of fused-ring (bicyclic) bond motifs is 1. The molecule has 0 saturated heterocycles. The van der Waals surface area contributed by atoms with Gasteiger partial charge in [0.25, 0.3) is 0 Å². The van der Waals surface area contributed by atoms with Gasteiger partial charge in [-0.3, -0.25) is 9.69 Å². The van der Waals surface area contributed by atoms with Gasteiger partial charge in [0.1, 0.15) is 10.6 Å². The Morgan fingerprint density at radius 3 is 2.60 bits per heavy atom. The lowest BCUT2D eigenvalue weighted by Crippen LogP contribution is -2.50. The maximum Gasteiger partial charge on any atom is 0.246 e. The van der Waals surface area contributed by atoms with Crippen molar-refractivity contribution in [2.45, 2.75) is 64.1 Å². The van der Waals surface area contributed by atoms with Crippen LogP contribution in [0.1, 0.15) is 42.8 Å². The SMILES string of the molecule is CCC(CNC(=O)[C@H](C)NS(=O)(=O)c1c(C)noc1C)N1CCc2ccccc2C1. The van der Waals surface area contributed by atoms with Crippen molar-refractivity contribution in [2.24, 2.45) is 0 Å². The molecule has 1 aromatic heterocycles. The predicted molar refractivity (Wildman–Crippen MR) is 113 cm³/mol. The molecule has 0 saturated carbocycles. The number of amides is 1. The topological polar surface area (TPSA) is 105 Å². The zero-order valence-corrected chi connectivity index (χ0v) is 18.8. The third kappa shape index (κ3) is 4.91. The van der Waals surface area contributed by atoms with Crippen LogP contribution in [-0.2, 0) is 27.8 Å². The molecule has 0 aliphatic carbocycles. The van der Waals surface area contributed by atoms with Crippen molar-refractivity contribution < 1.29 is 17.7 Å². The van der Waals surface area contributed by atoms with Crippen molar-refractivity contribution in [3.8, 4) is 0 Å². The molecule has 1 amide bonds. The van der Waals surface area contributed by atoms with Gasteiger partial charge in [-0.1, -0.05) is 36.3 Å². The fourth-order valence-corrected chi connectivity index (χ4v) is 5.47. The molecule has 2 N–H and O–H groups in total. The van der Waals surface area contributed by atoms with Crippen LogP contribution in [0.2, 0.25) is 0 Å². The maximum atomic E-state index is 12.6. The van der Waals surface area contributed by atoms with Crippen molar-refractivity contribution in [3.63, 3.8) is 0 Å². The first-order valence-electron chi connectivity index (χ1n) is 10.3. The molecule has 9 heteroatoms. The number of nitrogens with zero attached hydrogens (tertiary/aromatic N) is 2. The molecule has 2 atom stereocenters. The summed E-state index contributed by atoms with van der Waals surface area (Å²) < 4.78 is 32.6. The van der Waals surface area contributed by atoms with Gasteiger partial charge in [-0.05, 0) is 44.7 Å². The highest BCUT2D eigenvalue weighted by atomic mass is 32.2. The highest BCUT2D eigenvalue weighted by molar-refractivity contribution is 7.89. The van der Waals surface area contributed by atoms with Crippen LogP contribution in [0.4, 0.5) is 0 Å². The summed E-state index contributed by atoms with van der Waals surface area (Å²) in [5.41, 5.74) is 2.98. The standard InChI is InChI=1S/C21H30N4O4S/c1-5-19(25-11-10-17-8-6-7-9-18(17)13-25)12-22-21(26)15(3)24-30(27,28)20-14(2)23-29-16(20)4/h6-9,15,19,24H,5,10-13H2,1-4H3,(H,22,26)/t15-,19?/m0/s1. The first kappa shape index (κ1) is 22.5. The number of carbonyl (C=O) groups is 1. The Bertz CT molecular complexity index is 983. The number of hydrogen-bond donors (Lipinski definition) is 2. The molecule has 1 aliphatic heterocycles. The second kappa shape index (κ2) is 9.28. The van der Waals surface area contributed by atoms with Crippen LogP contribution in [-0.4, -0.2) is 49.6 Å². The minimum absolute atomic E-state index is 0.0134. The summed E-state index contributed by atoms with van der Waals surface area (Å²) >= 11 is 0. The summed E-state index contributed by atoms with van der Waals surface area (Å²) in [6.45, 7) is 8.98. The molecule has 30 heavy (non-hydrogen) atoms. The molecule has 0 bridgehead atoms. The van der Waals surface area contributed by atoms with Gasteiger partial charge in [0.05, 0.1) is 6.04 Å². The molecule has 8 nitrogen and oxygen atoms in total. The zero-order valence-electron chi connectivity index (χ0n) is 17.9. The van der Waals surface area contributed by atoms with E-state index in [1.165, 1.54) is 25.0 Å². The number of hydrogen-bond acceptors (Lipinski definition) is 6. The summed E-state index contributed by atoms with van der Waals surface area (Å²) in [6, 6.07) is 7.71. The van der Waals surface area contributed by atoms with Crippen molar-refractivity contribution in [2.75, 3.05) is 13.1 Å². The Morgan fingerprint density at radius 2 is 1.97 bits per heavy atom. The second-order valence-corrected chi connectivity index (χ2v) is 9.44. The molecular formula is C21H30N4O4S. The third-order valence-corrected chi connectivity index (χ3v) is 7.41. The number of sulfonamides is 1. The van der Waals surface area contributed by atoms with E-state index in [9.17, 15) is 13.2 Å². The zero-order chi connectivity index (χ0) is 21.9. The van der Waals surface area contributed by atoms with Gasteiger partial charge in [0.2, 0.25) is 15.9 Å². The van der Waals surface area contributed by atoms with Crippen molar-refractivity contribution in [1.82, 2.24) is 20.1 Å². The van der Waals surface area contributed by atoms with Gasteiger partial charge >= 0.3 is 0 Å². The van der Waals surface area contributed by atoms with E-state index in [0.29, 0.717) is 6.54 Å². The molecule has 1 aliphatic rings. The van der Waals surface area contributed by atoms with E-state index in [0.717, 1.165) is 25.9 Å². The smallest absolute Gasteiger partial charge is 0.246 e. The molecular weight excluding hydrogens is 404 g/mol. The van der Waals surface area contributed by atoms with Crippen molar-refractivity contribution >= 4 is 15.9 Å². The molecule has 1 unspecified atom stereocenters. The van der Waals surface area contributed by atoms with Crippen LogP contribution in [0, 0.1) is 13.8 Å². The summed E-state index contributed by atoms with van der Waals surface area (Å²) in [5, 5.41) is 6.58. The third-order valence-electron chi connectivity index (χ3n) is 5.62. The van der Waals surface area contributed by atoms with Crippen LogP contribution in [0.5, 0.6) is 0 Å². The molecule has 0 fully saturated rings. The van der Waals surface area contributed by atoms with Gasteiger partial charge in [-0.25, -0.2) is 8.42 Å². The molecule has 0 radical (unpaired) electrons. The molecule has 3 rings (SSSR count). The number of nitrogens with one attached hydrogen (secondary N) is 2. The van der Waals surface area contributed by atoms with E-state index in [1.807, 2.05) is 0 Å². The van der Waals surface area contributed by atoms with Gasteiger partial charge in [-0.15, -0.1) is 0 Å². The lowest BCUT2D eigenvalue weighted by Gasteiger charge is -2.35. The quantitative estimate of drug-likeness (QED) is 0.658. The normalized spacial score (nSPS) is 16.7. The average Bonchev–Trinajstić information content (AvgIpc) is 3.06. The summed E-state index contributed by atoms with van der Waals surface area (Å²) in [5.74, 6) is -0.162. The molecule has 0 spiro atoms. The second-order valence-electron chi connectivity index (χ2n) is 7.79. The number of rotatable bonds is 8. The summed E-state index contributed by atoms with van der Waals surface area (Å²) in [7, 11) is -3.90. The molecule has 2 aromatic rings. The van der Waals surface area contributed by atoms with E-state index >= 15 is 0 Å². The minimum atomic E-state index is -3.90. The van der Waals surface area contributed by atoms with Gasteiger partial charge < -0.3 is 9.84 Å². The van der Waals surface area contributed by atoms with Crippen LogP contribution >= 0.6 is 0 Å². The Balaban J connectivity index is 1.57. The van der Waals surface area contributed by atoms with Crippen LogP contribution in [0.25, 0.3) is 0 Å². The number of benzene rings is 1. The lowest BCUT2D eigenvalue weighted by molar-refractivity contribution is -0.122. The average molecular weight is 435 g/mol. The van der Waals surface area contributed by atoms with E-state index in [1.54, 1.807) is 6.92 Å². The first-order chi connectivity index (χ1) is 14.2. The van der Waals surface area contributed by atoms with Crippen LogP contribution in [0.15, 0.2) is 33.7 Å². The van der Waals surface area contributed by atoms with Crippen molar-refractivity contribution in [1.29, 1.82) is 0 Å². The first-order valence-corrected chi connectivity index (χ1v) is 11.7. The monoisotopic (exact) mass is 434 g/mol. The summed E-state index contributed by atoms with van der Waals surface area (Å²) in [4.78, 5) is 14.9. The molecule has 1 aromatic carbocycles. The van der Waals surface area contributed by atoms with Gasteiger partial charge in [0, 0.05) is 25.7 Å². The van der Waals surface area contributed by atoms with E-state index in [2.05, 4.69) is 51.3 Å². The van der Waals surface area contributed by atoms with Crippen LogP contribution in [0.3, 0.4) is 0 Å². The molecule has 164 valence electrons. The Kier molecular flexibility index (Phi) is 6.95. The fourth-order valence-electron chi connectivity index (χ4n) is 3.94.